The second kappa shape index (κ2) is 12.3. The van der Waals surface area contributed by atoms with Crippen molar-refractivity contribution in [1.29, 1.82) is 0 Å². The minimum atomic E-state index is -4.58. The third kappa shape index (κ3) is 7.06. The molecule has 0 unspecified atom stereocenters. The van der Waals surface area contributed by atoms with Gasteiger partial charge in [-0.25, -0.2) is 20.2 Å². The van der Waals surface area contributed by atoms with Crippen molar-refractivity contribution >= 4 is 29.0 Å². The van der Waals surface area contributed by atoms with Crippen LogP contribution in [0.25, 0.3) is 5.65 Å². The van der Waals surface area contributed by atoms with Crippen LogP contribution in [0.1, 0.15) is 27.8 Å². The summed E-state index contributed by atoms with van der Waals surface area (Å²) in [4.78, 5) is 21.5. The summed E-state index contributed by atoms with van der Waals surface area (Å²) in [6, 6.07) is 11.7. The number of hydrazine groups is 1. The number of rotatable bonds is 5. The number of halogens is 3. The fraction of sp³-hybridized carbons (Fsp3) is 0.300. The number of aromatic nitrogens is 3. The molecule has 1 aliphatic rings. The van der Waals surface area contributed by atoms with Crippen LogP contribution in [0.3, 0.4) is 0 Å². The summed E-state index contributed by atoms with van der Waals surface area (Å²) in [6.07, 6.45) is -2.82. The monoisotopic (exact) mass is 591 g/mol. The summed E-state index contributed by atoms with van der Waals surface area (Å²) in [7, 11) is 3.72. The summed E-state index contributed by atoms with van der Waals surface area (Å²) >= 11 is 0. The summed E-state index contributed by atoms with van der Waals surface area (Å²) in [5.41, 5.74) is 2.52. The number of carbonyl (C=O) groups excluding carboxylic acids is 1. The highest BCUT2D eigenvalue weighted by Crippen LogP contribution is 2.35. The van der Waals surface area contributed by atoms with E-state index in [4.69, 9.17) is 5.84 Å². The van der Waals surface area contributed by atoms with E-state index >= 15 is 0 Å². The zero-order chi connectivity index (χ0) is 30.7. The van der Waals surface area contributed by atoms with Crippen LogP contribution >= 0.6 is 0 Å². The number of hydrogen-bond donors (Lipinski definition) is 3. The van der Waals surface area contributed by atoms with Gasteiger partial charge >= 0.3 is 12.2 Å². The molecule has 1 saturated heterocycles. The lowest BCUT2D eigenvalue weighted by molar-refractivity contribution is -0.138. The van der Waals surface area contributed by atoms with Gasteiger partial charge in [-0.3, -0.25) is 4.90 Å². The second-order valence-electron chi connectivity index (χ2n) is 10.4. The summed E-state index contributed by atoms with van der Waals surface area (Å²) in [5, 5.41) is 10.5. The van der Waals surface area contributed by atoms with Crippen LogP contribution in [0.5, 0.6) is 0 Å². The van der Waals surface area contributed by atoms with Gasteiger partial charge in [-0.2, -0.15) is 18.2 Å². The number of hydrogen-bond acceptors (Lipinski definition) is 7. The Balaban J connectivity index is 1.31. The van der Waals surface area contributed by atoms with E-state index in [1.807, 2.05) is 24.9 Å². The number of amides is 2. The Kier molecular flexibility index (Phi) is 8.54. The predicted molar refractivity (Wildman–Crippen MR) is 160 cm³/mol. The van der Waals surface area contributed by atoms with Crippen LogP contribution in [0, 0.1) is 18.8 Å². The Morgan fingerprint density at radius 1 is 1.07 bits per heavy atom. The highest BCUT2D eigenvalue weighted by atomic mass is 19.4. The summed E-state index contributed by atoms with van der Waals surface area (Å²) < 4.78 is 43.6. The number of nitrogens with one attached hydrogen (secondary N) is 2. The molecule has 4 aromatic rings. The maximum atomic E-state index is 14.0. The molecule has 0 bridgehead atoms. The maximum Gasteiger partial charge on any atom is 0.416 e. The molecule has 1 aliphatic heterocycles. The molecule has 0 saturated carbocycles. The molecule has 0 radical (unpaired) electrons. The van der Waals surface area contributed by atoms with Gasteiger partial charge in [0, 0.05) is 62.8 Å². The fourth-order valence-corrected chi connectivity index (χ4v) is 4.70. The molecular formula is C30H32F3N9O. The first-order valence-corrected chi connectivity index (χ1v) is 13.6. The van der Waals surface area contributed by atoms with E-state index < -0.39 is 17.8 Å². The Morgan fingerprint density at radius 3 is 2.56 bits per heavy atom. The molecule has 0 atom stereocenters. The van der Waals surface area contributed by atoms with Crippen LogP contribution in [0.2, 0.25) is 0 Å². The van der Waals surface area contributed by atoms with Crippen molar-refractivity contribution in [2.24, 2.45) is 5.84 Å². The van der Waals surface area contributed by atoms with E-state index in [0.29, 0.717) is 41.5 Å². The fourth-order valence-electron chi connectivity index (χ4n) is 4.70. The summed E-state index contributed by atoms with van der Waals surface area (Å²) in [5.74, 6) is 12.8. The lowest BCUT2D eigenvalue weighted by Gasteiger charge is -2.33. The van der Waals surface area contributed by atoms with Crippen LogP contribution in [0.15, 0.2) is 54.7 Å². The van der Waals surface area contributed by atoms with E-state index in [9.17, 15) is 18.0 Å². The van der Waals surface area contributed by atoms with E-state index in [1.165, 1.54) is 12.1 Å². The molecule has 13 heteroatoms. The number of nitrogens with zero attached hydrogens (tertiary/aromatic N) is 6. The number of pyridine rings is 1. The topological polar surface area (TPSA) is 107 Å². The highest BCUT2D eigenvalue weighted by molar-refractivity contribution is 6.01. The van der Waals surface area contributed by atoms with Crippen molar-refractivity contribution < 1.29 is 18.0 Å². The standard InChI is InChI=1S/C30H32F3N9O/c1-20-4-9-25(17-22(20)6-5-21-10-11-41-27(16-21)37-28(35-2)38-41)42(34)29(43)36-24-8-7-23(26(18-24)30(31,32)33)19-40-14-12-39(3)13-15-40/h4,7-11,16-18H,12-15,19,34H2,1-3H3,(H,35,38)(H,36,43). The van der Waals surface area contributed by atoms with Gasteiger partial charge in [0.2, 0.25) is 5.95 Å². The number of benzene rings is 2. The number of alkyl halides is 3. The number of likely N-dealkylation sites (N-methyl/N-ethyl adjacent to an activating group) is 1. The molecule has 43 heavy (non-hydrogen) atoms. The lowest BCUT2D eigenvalue weighted by Crippen LogP contribution is -2.44. The van der Waals surface area contributed by atoms with Crippen molar-refractivity contribution in [3.05, 3.63) is 82.5 Å². The number of carbonyl (C=O) groups is 1. The molecule has 10 nitrogen and oxygen atoms in total. The first-order chi connectivity index (χ1) is 20.5. The highest BCUT2D eigenvalue weighted by Gasteiger charge is 2.34. The Bertz CT molecular complexity index is 1700. The molecule has 224 valence electrons. The van der Waals surface area contributed by atoms with Crippen molar-refractivity contribution in [3.8, 4) is 11.8 Å². The first-order valence-electron chi connectivity index (χ1n) is 13.6. The molecule has 4 N–H and O–H groups in total. The Labute approximate surface area is 247 Å². The smallest absolute Gasteiger partial charge is 0.356 e. The van der Waals surface area contributed by atoms with Crippen molar-refractivity contribution in [2.45, 2.75) is 19.6 Å². The van der Waals surface area contributed by atoms with E-state index in [-0.39, 0.29) is 17.8 Å². The van der Waals surface area contributed by atoms with E-state index in [0.717, 1.165) is 29.7 Å². The number of aryl methyl sites for hydroxylation is 1. The molecule has 5 rings (SSSR count). The zero-order valence-electron chi connectivity index (χ0n) is 24.0. The maximum absolute atomic E-state index is 14.0. The second-order valence-corrected chi connectivity index (χ2v) is 10.4. The lowest BCUT2D eigenvalue weighted by atomic mass is 10.0. The van der Waals surface area contributed by atoms with Crippen LogP contribution in [-0.4, -0.2) is 70.7 Å². The third-order valence-corrected chi connectivity index (χ3v) is 7.28. The van der Waals surface area contributed by atoms with Gasteiger partial charge in [-0.1, -0.05) is 24.0 Å². The minimum Gasteiger partial charge on any atom is -0.356 e. The van der Waals surface area contributed by atoms with E-state index in [1.54, 1.807) is 42.0 Å². The van der Waals surface area contributed by atoms with Gasteiger partial charge in [0.1, 0.15) is 0 Å². The van der Waals surface area contributed by atoms with Gasteiger partial charge in [0.15, 0.2) is 5.65 Å². The molecule has 3 heterocycles. The molecular weight excluding hydrogens is 559 g/mol. The van der Waals surface area contributed by atoms with Crippen LogP contribution < -0.4 is 21.5 Å². The van der Waals surface area contributed by atoms with Crippen molar-refractivity contribution in [2.75, 3.05) is 55.9 Å². The minimum absolute atomic E-state index is 0.00710. The van der Waals surface area contributed by atoms with Gasteiger partial charge in [0.05, 0.1) is 11.3 Å². The van der Waals surface area contributed by atoms with Gasteiger partial charge in [0.25, 0.3) is 0 Å². The third-order valence-electron chi connectivity index (χ3n) is 7.28. The molecule has 0 spiro atoms. The van der Waals surface area contributed by atoms with Crippen LogP contribution in [-0.2, 0) is 12.7 Å². The molecule has 2 aromatic heterocycles. The van der Waals surface area contributed by atoms with Crippen molar-refractivity contribution in [3.63, 3.8) is 0 Å². The Hall–Kier alpha value is -4.64. The SMILES string of the molecule is CNc1nc2cc(C#Cc3cc(N(N)C(=O)Nc4ccc(CN5CCN(C)CC5)c(C(F)(F)F)c4)ccc3C)ccn2n1. The number of fused-ring (bicyclic) bond motifs is 1. The molecule has 0 aliphatic carbocycles. The number of urea groups is 1. The average Bonchev–Trinajstić information content (AvgIpc) is 3.40. The van der Waals surface area contributed by atoms with Gasteiger partial charge < -0.3 is 15.5 Å². The van der Waals surface area contributed by atoms with E-state index in [2.05, 4.69) is 37.5 Å². The predicted octanol–water partition coefficient (Wildman–Crippen LogP) is 4.16. The normalized spacial score (nSPS) is 14.3. The number of nitrogens with two attached hydrogens (primary N) is 1. The largest absolute Gasteiger partial charge is 0.416 e. The Morgan fingerprint density at radius 2 is 1.84 bits per heavy atom. The first kappa shape index (κ1) is 29.8. The van der Waals surface area contributed by atoms with Gasteiger partial charge in [-0.05, 0) is 61.5 Å². The van der Waals surface area contributed by atoms with Crippen LogP contribution in [0.4, 0.5) is 35.3 Å². The summed E-state index contributed by atoms with van der Waals surface area (Å²) in [6.45, 7) is 5.02. The average molecular weight is 592 g/mol. The number of piperazine rings is 1. The molecule has 2 amide bonds. The number of anilines is 3. The quantitative estimate of drug-likeness (QED) is 0.139. The molecule has 1 fully saturated rings. The van der Waals surface area contributed by atoms with Gasteiger partial charge in [-0.15, -0.1) is 5.10 Å². The molecule has 2 aromatic carbocycles. The van der Waals surface area contributed by atoms with Crippen molar-refractivity contribution in [1.82, 2.24) is 24.4 Å². The zero-order valence-corrected chi connectivity index (χ0v) is 24.0.